The first-order valence-corrected chi connectivity index (χ1v) is 4.42. The number of amides is 1. The quantitative estimate of drug-likeness (QED) is 0.728. The molecule has 0 aromatic carbocycles. The summed E-state index contributed by atoms with van der Waals surface area (Å²) in [6.45, 7) is 5.37. The molecule has 1 unspecified atom stereocenters. The van der Waals surface area contributed by atoms with Gasteiger partial charge in [0.1, 0.15) is 6.04 Å². The third-order valence-electron chi connectivity index (χ3n) is 2.45. The van der Waals surface area contributed by atoms with Gasteiger partial charge in [0, 0.05) is 17.0 Å². The number of primary amides is 1. The Labute approximate surface area is 82.7 Å². The second-order valence-electron chi connectivity index (χ2n) is 3.39. The summed E-state index contributed by atoms with van der Waals surface area (Å²) in [4.78, 5) is 21.7. The molecule has 2 N–H and O–H groups in total. The first-order valence-electron chi connectivity index (χ1n) is 4.42. The topological polar surface area (TPSA) is 65.1 Å². The number of nitrogens with zero attached hydrogens (tertiary/aromatic N) is 1. The van der Waals surface area contributed by atoms with Crippen LogP contribution in [0.25, 0.3) is 0 Å². The molecular weight excluding hydrogens is 180 g/mol. The Kier molecular flexibility index (Phi) is 2.74. The van der Waals surface area contributed by atoms with Gasteiger partial charge in [-0.1, -0.05) is 0 Å². The van der Waals surface area contributed by atoms with Crippen molar-refractivity contribution in [3.63, 3.8) is 0 Å². The van der Waals surface area contributed by atoms with E-state index in [0.717, 1.165) is 17.7 Å². The van der Waals surface area contributed by atoms with Gasteiger partial charge >= 0.3 is 0 Å². The monoisotopic (exact) mass is 194 g/mol. The number of aromatic nitrogens is 1. The van der Waals surface area contributed by atoms with Crippen molar-refractivity contribution in [1.82, 2.24) is 4.57 Å². The number of hydrogen-bond acceptors (Lipinski definition) is 2. The molecule has 4 heteroatoms. The first kappa shape index (κ1) is 10.5. The molecule has 0 radical (unpaired) electrons. The second kappa shape index (κ2) is 3.65. The summed E-state index contributed by atoms with van der Waals surface area (Å²) in [5, 5.41) is 0. The second-order valence-corrected chi connectivity index (χ2v) is 3.39. The van der Waals surface area contributed by atoms with E-state index in [2.05, 4.69) is 0 Å². The van der Waals surface area contributed by atoms with Crippen molar-refractivity contribution >= 4 is 12.2 Å². The molecule has 0 saturated carbocycles. The predicted octanol–water partition coefficient (Wildman–Crippen LogP) is 0.964. The molecule has 0 aliphatic rings. The Balaban J connectivity index is 3.26. The van der Waals surface area contributed by atoms with Gasteiger partial charge in [-0.15, -0.1) is 0 Å². The zero-order valence-electron chi connectivity index (χ0n) is 8.57. The molecule has 1 aromatic rings. The van der Waals surface area contributed by atoms with E-state index >= 15 is 0 Å². The molecule has 1 heterocycles. The Morgan fingerprint density at radius 2 is 2.14 bits per heavy atom. The molecule has 0 spiro atoms. The van der Waals surface area contributed by atoms with Gasteiger partial charge in [0.15, 0.2) is 6.29 Å². The van der Waals surface area contributed by atoms with Gasteiger partial charge < -0.3 is 10.3 Å². The molecule has 0 bridgehead atoms. The molecule has 0 aliphatic heterocycles. The average molecular weight is 194 g/mol. The largest absolute Gasteiger partial charge is 0.368 e. The van der Waals surface area contributed by atoms with Gasteiger partial charge in [0.05, 0.1) is 0 Å². The van der Waals surface area contributed by atoms with Crippen LogP contribution < -0.4 is 5.73 Å². The highest BCUT2D eigenvalue weighted by Gasteiger charge is 2.17. The van der Waals surface area contributed by atoms with Gasteiger partial charge in [-0.25, -0.2) is 0 Å². The van der Waals surface area contributed by atoms with E-state index in [1.807, 2.05) is 6.92 Å². The maximum Gasteiger partial charge on any atom is 0.240 e. The van der Waals surface area contributed by atoms with E-state index in [0.29, 0.717) is 5.56 Å². The standard InChI is InChI=1S/C10H14N2O2/c1-6-4-9(5-13)7(2)12(6)8(3)10(11)14/h4-5,8H,1-3H3,(H2,11,14). The molecule has 1 amide bonds. The number of carbonyl (C=O) groups is 2. The summed E-state index contributed by atoms with van der Waals surface area (Å²) < 4.78 is 1.77. The molecule has 0 aliphatic carbocycles. The third-order valence-corrected chi connectivity index (χ3v) is 2.45. The fourth-order valence-corrected chi connectivity index (χ4v) is 1.65. The molecule has 76 valence electrons. The van der Waals surface area contributed by atoms with Gasteiger partial charge in [-0.05, 0) is 26.8 Å². The summed E-state index contributed by atoms with van der Waals surface area (Å²) in [7, 11) is 0. The number of aldehydes is 1. The maximum atomic E-state index is 11.0. The molecule has 0 saturated heterocycles. The minimum atomic E-state index is -0.413. The molecule has 14 heavy (non-hydrogen) atoms. The fraction of sp³-hybridized carbons (Fsp3) is 0.400. The summed E-state index contributed by atoms with van der Waals surface area (Å²) in [6.07, 6.45) is 0.784. The maximum absolute atomic E-state index is 11.0. The van der Waals surface area contributed by atoms with Crippen LogP contribution in [-0.2, 0) is 4.79 Å². The van der Waals surface area contributed by atoms with Crippen molar-refractivity contribution in [3.8, 4) is 0 Å². The van der Waals surface area contributed by atoms with Crippen molar-refractivity contribution in [2.24, 2.45) is 5.73 Å². The zero-order valence-corrected chi connectivity index (χ0v) is 8.57. The highest BCUT2D eigenvalue weighted by molar-refractivity contribution is 5.80. The van der Waals surface area contributed by atoms with E-state index in [9.17, 15) is 9.59 Å². The van der Waals surface area contributed by atoms with Gasteiger partial charge in [-0.2, -0.15) is 0 Å². The molecule has 1 aromatic heterocycles. The van der Waals surface area contributed by atoms with Crippen LogP contribution in [0, 0.1) is 13.8 Å². The lowest BCUT2D eigenvalue weighted by molar-refractivity contribution is -0.120. The molecular formula is C10H14N2O2. The van der Waals surface area contributed by atoms with Crippen molar-refractivity contribution in [2.45, 2.75) is 26.8 Å². The summed E-state index contributed by atoms with van der Waals surface area (Å²) >= 11 is 0. The summed E-state index contributed by atoms with van der Waals surface area (Å²) in [5.41, 5.74) is 7.47. The Morgan fingerprint density at radius 3 is 2.50 bits per heavy atom. The minimum Gasteiger partial charge on any atom is -0.368 e. The lowest BCUT2D eigenvalue weighted by Gasteiger charge is -2.14. The number of aryl methyl sites for hydroxylation is 1. The van der Waals surface area contributed by atoms with E-state index in [4.69, 9.17) is 5.73 Å². The van der Waals surface area contributed by atoms with Crippen LogP contribution in [0.15, 0.2) is 6.07 Å². The first-order chi connectivity index (χ1) is 6.49. The number of nitrogens with two attached hydrogens (primary N) is 1. The average Bonchev–Trinajstić information content (AvgIpc) is 2.40. The normalized spacial score (nSPS) is 12.5. The minimum absolute atomic E-state index is 0.399. The Bertz CT molecular complexity index is 380. The number of rotatable bonds is 3. The number of carbonyl (C=O) groups excluding carboxylic acids is 2. The third kappa shape index (κ3) is 1.55. The van der Waals surface area contributed by atoms with Crippen LogP contribution in [-0.4, -0.2) is 16.8 Å². The van der Waals surface area contributed by atoms with Crippen molar-refractivity contribution in [1.29, 1.82) is 0 Å². The summed E-state index contributed by atoms with van der Waals surface area (Å²) in [6, 6.07) is 1.34. The zero-order chi connectivity index (χ0) is 10.9. The predicted molar refractivity (Wildman–Crippen MR) is 53.2 cm³/mol. The smallest absolute Gasteiger partial charge is 0.240 e. The van der Waals surface area contributed by atoms with Crippen LogP contribution in [0.2, 0.25) is 0 Å². The van der Waals surface area contributed by atoms with Gasteiger partial charge in [-0.3, -0.25) is 9.59 Å². The van der Waals surface area contributed by atoms with E-state index in [-0.39, 0.29) is 0 Å². The van der Waals surface area contributed by atoms with E-state index in [1.54, 1.807) is 24.5 Å². The van der Waals surface area contributed by atoms with E-state index in [1.165, 1.54) is 0 Å². The lowest BCUT2D eigenvalue weighted by Crippen LogP contribution is -2.25. The summed E-state index contributed by atoms with van der Waals surface area (Å²) in [5.74, 6) is -0.399. The highest BCUT2D eigenvalue weighted by atomic mass is 16.1. The van der Waals surface area contributed by atoms with Crippen molar-refractivity contribution in [3.05, 3.63) is 23.0 Å². The molecule has 1 rings (SSSR count). The van der Waals surface area contributed by atoms with Crippen LogP contribution >= 0.6 is 0 Å². The highest BCUT2D eigenvalue weighted by Crippen LogP contribution is 2.18. The molecule has 0 fully saturated rings. The van der Waals surface area contributed by atoms with E-state index < -0.39 is 11.9 Å². The fourth-order valence-electron chi connectivity index (χ4n) is 1.65. The SMILES string of the molecule is Cc1cc(C=O)c(C)n1C(C)C(N)=O. The van der Waals surface area contributed by atoms with Crippen LogP contribution in [0.3, 0.4) is 0 Å². The van der Waals surface area contributed by atoms with Gasteiger partial charge in [0.25, 0.3) is 0 Å². The van der Waals surface area contributed by atoms with Gasteiger partial charge in [0.2, 0.25) is 5.91 Å². The van der Waals surface area contributed by atoms with Crippen LogP contribution in [0.4, 0.5) is 0 Å². The molecule has 1 atom stereocenters. The van der Waals surface area contributed by atoms with Crippen molar-refractivity contribution in [2.75, 3.05) is 0 Å². The Hall–Kier alpha value is -1.58. The van der Waals surface area contributed by atoms with Crippen molar-refractivity contribution < 1.29 is 9.59 Å². The lowest BCUT2D eigenvalue weighted by atomic mass is 10.2. The van der Waals surface area contributed by atoms with Crippen LogP contribution in [0.5, 0.6) is 0 Å². The number of hydrogen-bond donors (Lipinski definition) is 1. The molecule has 4 nitrogen and oxygen atoms in total. The Morgan fingerprint density at radius 1 is 1.57 bits per heavy atom. The van der Waals surface area contributed by atoms with Crippen LogP contribution in [0.1, 0.15) is 34.7 Å².